The van der Waals surface area contributed by atoms with Crippen molar-refractivity contribution in [1.29, 1.82) is 0 Å². The van der Waals surface area contributed by atoms with Crippen LogP contribution in [0.1, 0.15) is 39.9 Å². The Morgan fingerprint density at radius 3 is 2.74 bits per heavy atom. The molecule has 4 heteroatoms. The number of carbonyl (C=O) groups is 1. The highest BCUT2D eigenvalue weighted by Gasteiger charge is 2.20. The standard InChI is InChI=1S/C19H23N3O/c1-14-7-8-16(15(2)12-14)13-21-19(23)17-6-5-9-20-18(17)22-10-3-4-11-22/h5-9,12H,3-4,10-11,13H2,1-2H3,(H,21,23). The van der Waals surface area contributed by atoms with E-state index in [1.807, 2.05) is 12.1 Å². The quantitative estimate of drug-likeness (QED) is 0.943. The van der Waals surface area contributed by atoms with E-state index in [1.54, 1.807) is 6.20 Å². The van der Waals surface area contributed by atoms with Gasteiger partial charge in [-0.25, -0.2) is 4.98 Å². The minimum atomic E-state index is -0.0556. The molecular weight excluding hydrogens is 286 g/mol. The van der Waals surface area contributed by atoms with Gasteiger partial charge in [-0.05, 0) is 49.9 Å². The van der Waals surface area contributed by atoms with Crippen molar-refractivity contribution < 1.29 is 4.79 Å². The zero-order valence-electron chi connectivity index (χ0n) is 13.8. The Morgan fingerprint density at radius 2 is 2.00 bits per heavy atom. The number of pyridine rings is 1. The molecule has 120 valence electrons. The Bertz CT molecular complexity index is 706. The first-order chi connectivity index (χ1) is 11.1. The summed E-state index contributed by atoms with van der Waals surface area (Å²) in [5.41, 5.74) is 4.26. The zero-order valence-corrected chi connectivity index (χ0v) is 13.8. The molecule has 0 spiro atoms. The van der Waals surface area contributed by atoms with Gasteiger partial charge in [-0.1, -0.05) is 23.8 Å². The van der Waals surface area contributed by atoms with Crippen LogP contribution < -0.4 is 10.2 Å². The molecule has 1 N–H and O–H groups in total. The highest BCUT2D eigenvalue weighted by Crippen LogP contribution is 2.22. The molecule has 4 nitrogen and oxygen atoms in total. The van der Waals surface area contributed by atoms with Crippen LogP contribution in [0.5, 0.6) is 0 Å². The minimum Gasteiger partial charge on any atom is -0.356 e. The first kappa shape index (κ1) is 15.5. The number of amides is 1. The van der Waals surface area contributed by atoms with Crippen LogP contribution in [0.3, 0.4) is 0 Å². The summed E-state index contributed by atoms with van der Waals surface area (Å²) in [5, 5.41) is 3.03. The summed E-state index contributed by atoms with van der Waals surface area (Å²) in [6.45, 7) is 6.66. The van der Waals surface area contributed by atoms with Gasteiger partial charge in [0.15, 0.2) is 0 Å². The van der Waals surface area contributed by atoms with Crippen LogP contribution in [0.15, 0.2) is 36.5 Å². The van der Waals surface area contributed by atoms with Crippen LogP contribution in [0.2, 0.25) is 0 Å². The molecule has 1 saturated heterocycles. The van der Waals surface area contributed by atoms with Gasteiger partial charge in [-0.3, -0.25) is 4.79 Å². The fraction of sp³-hybridized carbons (Fsp3) is 0.368. The Morgan fingerprint density at radius 1 is 1.22 bits per heavy atom. The molecule has 0 bridgehead atoms. The molecule has 23 heavy (non-hydrogen) atoms. The van der Waals surface area contributed by atoms with Gasteiger partial charge in [0.05, 0.1) is 5.56 Å². The second-order valence-corrected chi connectivity index (χ2v) is 6.18. The van der Waals surface area contributed by atoms with E-state index in [0.29, 0.717) is 12.1 Å². The summed E-state index contributed by atoms with van der Waals surface area (Å²) in [4.78, 5) is 19.2. The average Bonchev–Trinajstić information content (AvgIpc) is 3.08. The smallest absolute Gasteiger partial charge is 0.255 e. The second-order valence-electron chi connectivity index (χ2n) is 6.18. The molecule has 1 aliphatic heterocycles. The number of nitrogens with one attached hydrogen (secondary N) is 1. The molecule has 1 fully saturated rings. The van der Waals surface area contributed by atoms with Gasteiger partial charge in [0.1, 0.15) is 5.82 Å². The van der Waals surface area contributed by atoms with Crippen LogP contribution >= 0.6 is 0 Å². The van der Waals surface area contributed by atoms with Gasteiger partial charge in [0.2, 0.25) is 0 Å². The maximum absolute atomic E-state index is 12.6. The van der Waals surface area contributed by atoms with Crippen molar-refractivity contribution in [3.8, 4) is 0 Å². The molecule has 0 aliphatic carbocycles. The molecule has 1 amide bonds. The monoisotopic (exact) mass is 309 g/mol. The normalized spacial score (nSPS) is 14.1. The van der Waals surface area contributed by atoms with Gasteiger partial charge >= 0.3 is 0 Å². The largest absolute Gasteiger partial charge is 0.356 e. The number of aryl methyl sites for hydroxylation is 2. The number of aromatic nitrogens is 1. The lowest BCUT2D eigenvalue weighted by molar-refractivity contribution is 0.0951. The van der Waals surface area contributed by atoms with Crippen molar-refractivity contribution in [3.63, 3.8) is 0 Å². The maximum Gasteiger partial charge on any atom is 0.255 e. The third kappa shape index (κ3) is 3.52. The SMILES string of the molecule is Cc1ccc(CNC(=O)c2cccnc2N2CCCC2)c(C)c1. The van der Waals surface area contributed by atoms with Crippen molar-refractivity contribution in [3.05, 3.63) is 58.8 Å². The molecule has 1 aliphatic rings. The van der Waals surface area contributed by atoms with E-state index < -0.39 is 0 Å². The number of anilines is 1. The summed E-state index contributed by atoms with van der Waals surface area (Å²) < 4.78 is 0. The van der Waals surface area contributed by atoms with E-state index in [1.165, 1.54) is 24.0 Å². The van der Waals surface area contributed by atoms with Crippen molar-refractivity contribution in [2.45, 2.75) is 33.2 Å². The van der Waals surface area contributed by atoms with Gasteiger partial charge in [0, 0.05) is 25.8 Å². The summed E-state index contributed by atoms with van der Waals surface area (Å²) in [5.74, 6) is 0.753. The minimum absolute atomic E-state index is 0.0556. The van der Waals surface area contributed by atoms with Crippen molar-refractivity contribution >= 4 is 11.7 Å². The number of benzene rings is 1. The number of nitrogens with zero attached hydrogens (tertiary/aromatic N) is 2. The maximum atomic E-state index is 12.6. The number of carbonyl (C=O) groups excluding carboxylic acids is 1. The van der Waals surface area contributed by atoms with Crippen molar-refractivity contribution in [2.75, 3.05) is 18.0 Å². The van der Waals surface area contributed by atoms with E-state index in [4.69, 9.17) is 0 Å². The summed E-state index contributed by atoms with van der Waals surface area (Å²) in [7, 11) is 0. The van der Waals surface area contributed by atoms with Gasteiger partial charge in [-0.15, -0.1) is 0 Å². The Hall–Kier alpha value is -2.36. The summed E-state index contributed by atoms with van der Waals surface area (Å²) >= 11 is 0. The lowest BCUT2D eigenvalue weighted by Gasteiger charge is -2.19. The number of hydrogen-bond donors (Lipinski definition) is 1. The zero-order chi connectivity index (χ0) is 16.2. The van der Waals surface area contributed by atoms with E-state index in [9.17, 15) is 4.79 Å². The highest BCUT2D eigenvalue weighted by atomic mass is 16.1. The van der Waals surface area contributed by atoms with Crippen LogP contribution in [0.25, 0.3) is 0 Å². The van der Waals surface area contributed by atoms with Gasteiger partial charge in [-0.2, -0.15) is 0 Å². The van der Waals surface area contributed by atoms with Crippen LogP contribution in [-0.4, -0.2) is 24.0 Å². The molecule has 1 aromatic heterocycles. The second kappa shape index (κ2) is 6.82. The molecule has 0 saturated carbocycles. The van der Waals surface area contributed by atoms with E-state index >= 15 is 0 Å². The molecule has 2 heterocycles. The predicted molar refractivity (Wildman–Crippen MR) is 92.8 cm³/mol. The van der Waals surface area contributed by atoms with E-state index in [0.717, 1.165) is 24.5 Å². The predicted octanol–water partition coefficient (Wildman–Crippen LogP) is 3.23. The van der Waals surface area contributed by atoms with Crippen LogP contribution in [0, 0.1) is 13.8 Å². The Labute approximate surface area is 137 Å². The molecular formula is C19H23N3O. The topological polar surface area (TPSA) is 45.2 Å². The van der Waals surface area contributed by atoms with Gasteiger partial charge in [0.25, 0.3) is 5.91 Å². The van der Waals surface area contributed by atoms with Crippen LogP contribution in [-0.2, 0) is 6.54 Å². The van der Waals surface area contributed by atoms with Crippen LogP contribution in [0.4, 0.5) is 5.82 Å². The molecule has 0 atom stereocenters. The third-order valence-electron chi connectivity index (χ3n) is 4.37. The van der Waals surface area contributed by atoms with Gasteiger partial charge < -0.3 is 10.2 Å². The highest BCUT2D eigenvalue weighted by molar-refractivity contribution is 5.98. The molecule has 0 radical (unpaired) electrons. The Kier molecular flexibility index (Phi) is 4.60. The Balaban J connectivity index is 1.73. The lowest BCUT2D eigenvalue weighted by Crippen LogP contribution is -2.28. The van der Waals surface area contributed by atoms with E-state index in [-0.39, 0.29) is 5.91 Å². The van der Waals surface area contributed by atoms with E-state index in [2.05, 4.69) is 47.2 Å². The molecule has 2 aromatic rings. The average molecular weight is 309 g/mol. The third-order valence-corrected chi connectivity index (χ3v) is 4.37. The fourth-order valence-electron chi connectivity index (χ4n) is 3.07. The number of rotatable bonds is 4. The summed E-state index contributed by atoms with van der Waals surface area (Å²) in [6, 6.07) is 9.98. The fourth-order valence-corrected chi connectivity index (χ4v) is 3.07. The first-order valence-electron chi connectivity index (χ1n) is 8.19. The van der Waals surface area contributed by atoms with Crippen molar-refractivity contribution in [1.82, 2.24) is 10.3 Å². The summed E-state index contributed by atoms with van der Waals surface area (Å²) in [6.07, 6.45) is 4.09. The first-order valence-corrected chi connectivity index (χ1v) is 8.19. The molecule has 1 aromatic carbocycles. The molecule has 3 rings (SSSR count). The number of hydrogen-bond acceptors (Lipinski definition) is 3. The van der Waals surface area contributed by atoms with Crippen molar-refractivity contribution in [2.24, 2.45) is 0 Å². The lowest BCUT2D eigenvalue weighted by atomic mass is 10.1. The molecule has 0 unspecified atom stereocenters.